The molecule has 1 aromatic carbocycles. The molecule has 0 unspecified atom stereocenters. The van der Waals surface area contributed by atoms with Crippen LogP contribution in [0.3, 0.4) is 0 Å². The Balaban J connectivity index is 1.17. The average molecular weight is 581 g/mol. The third kappa shape index (κ3) is 5.40. The van der Waals surface area contributed by atoms with Crippen molar-refractivity contribution in [2.75, 3.05) is 32.7 Å². The van der Waals surface area contributed by atoms with E-state index < -0.39 is 10.0 Å². The van der Waals surface area contributed by atoms with Crippen LogP contribution in [-0.2, 0) is 14.8 Å². The minimum Gasteiger partial charge on any atom is -0.292 e. The van der Waals surface area contributed by atoms with Gasteiger partial charge < -0.3 is 0 Å². The van der Waals surface area contributed by atoms with Crippen LogP contribution in [0.15, 0.2) is 74.9 Å². The summed E-state index contributed by atoms with van der Waals surface area (Å²) in [6.07, 6.45) is 5.32. The second-order valence-electron chi connectivity index (χ2n) is 10.4. The molecule has 0 bridgehead atoms. The number of amides is 1. The Hall–Kier alpha value is -2.63. The number of rotatable bonds is 6. The summed E-state index contributed by atoms with van der Waals surface area (Å²) in [7, 11) is -3.54. The van der Waals surface area contributed by atoms with E-state index in [1.54, 1.807) is 39.8 Å². The van der Waals surface area contributed by atoms with E-state index in [0.29, 0.717) is 31.1 Å². The molecule has 2 atom stereocenters. The van der Waals surface area contributed by atoms with E-state index in [2.05, 4.69) is 39.9 Å². The number of aryl methyl sites for hydroxylation is 1. The lowest BCUT2D eigenvalue weighted by Crippen LogP contribution is -2.51. The second kappa shape index (κ2) is 11.1. The normalized spacial score (nSPS) is 23.7. The van der Waals surface area contributed by atoms with E-state index in [9.17, 15) is 13.2 Å². The summed E-state index contributed by atoms with van der Waals surface area (Å²) in [5.74, 6) is 0.171. The van der Waals surface area contributed by atoms with Crippen LogP contribution in [0.2, 0.25) is 0 Å². The standard InChI is InChI=1S/C29H32N4O3S3/c1-21-9-11-24(12-10-21)39(35,36)32-15-13-31(14-16-32)20-27(34)33-29(26-8-4-18-38-26)25-7-2-5-22(28(25)30-33)19-23-6-3-17-37-23/h3-4,6,8-12,17-19,25,29H,2,5,7,13-16,20H2,1H3/b22-19-/t25-,29-/m0/s1. The molecule has 39 heavy (non-hydrogen) atoms. The lowest BCUT2D eigenvalue weighted by Gasteiger charge is -2.35. The number of carbonyl (C=O) groups is 1. The van der Waals surface area contributed by atoms with Crippen LogP contribution in [0.5, 0.6) is 0 Å². The zero-order valence-electron chi connectivity index (χ0n) is 21.9. The first-order chi connectivity index (χ1) is 18.9. The molecule has 1 amide bonds. The van der Waals surface area contributed by atoms with Crippen molar-refractivity contribution >= 4 is 50.4 Å². The molecule has 2 fully saturated rings. The summed E-state index contributed by atoms with van der Waals surface area (Å²) < 4.78 is 27.7. The topological polar surface area (TPSA) is 73.3 Å². The number of benzene rings is 1. The molecule has 10 heteroatoms. The van der Waals surface area contributed by atoms with Gasteiger partial charge in [0.25, 0.3) is 5.91 Å². The van der Waals surface area contributed by atoms with E-state index in [-0.39, 0.29) is 24.4 Å². The summed E-state index contributed by atoms with van der Waals surface area (Å²) in [4.78, 5) is 18.5. The second-order valence-corrected chi connectivity index (χ2v) is 14.3. The third-order valence-corrected chi connectivity index (χ3v) is 11.5. The number of thiophene rings is 2. The Morgan fingerprint density at radius 3 is 2.46 bits per heavy atom. The molecule has 0 spiro atoms. The van der Waals surface area contributed by atoms with Crippen LogP contribution in [0, 0.1) is 12.8 Å². The van der Waals surface area contributed by atoms with Crippen molar-refractivity contribution in [2.45, 2.75) is 37.1 Å². The summed E-state index contributed by atoms with van der Waals surface area (Å²) in [6.45, 7) is 3.92. The Morgan fingerprint density at radius 1 is 1.03 bits per heavy atom. The molecule has 204 valence electrons. The van der Waals surface area contributed by atoms with E-state index in [4.69, 9.17) is 5.10 Å². The largest absolute Gasteiger partial charge is 0.292 e. The van der Waals surface area contributed by atoms with Crippen molar-refractivity contribution in [3.63, 3.8) is 0 Å². The Labute approximate surface area is 238 Å². The maximum Gasteiger partial charge on any atom is 0.257 e. The van der Waals surface area contributed by atoms with Gasteiger partial charge in [0.05, 0.1) is 23.2 Å². The molecule has 1 aliphatic carbocycles. The number of sulfonamides is 1. The van der Waals surface area contributed by atoms with Crippen LogP contribution < -0.4 is 0 Å². The molecule has 3 aromatic rings. The van der Waals surface area contributed by atoms with Gasteiger partial charge in [-0.1, -0.05) is 29.8 Å². The summed E-state index contributed by atoms with van der Waals surface area (Å²) in [5.41, 5.74) is 3.31. The van der Waals surface area contributed by atoms with Gasteiger partial charge in [0, 0.05) is 41.9 Å². The number of nitrogens with zero attached hydrogens (tertiary/aromatic N) is 4. The van der Waals surface area contributed by atoms with Crippen molar-refractivity contribution in [3.8, 4) is 0 Å². The number of carbonyl (C=O) groups excluding carboxylic acids is 1. The molecule has 2 aliphatic heterocycles. The Bertz CT molecular complexity index is 1470. The highest BCUT2D eigenvalue weighted by atomic mass is 32.2. The first-order valence-electron chi connectivity index (χ1n) is 13.4. The van der Waals surface area contributed by atoms with Crippen molar-refractivity contribution in [3.05, 3.63) is 80.2 Å². The average Bonchev–Trinajstić information content (AvgIpc) is 3.71. The SMILES string of the molecule is Cc1ccc(S(=O)(=O)N2CCN(CC(=O)N3N=C4/C(=C\c5cccs5)CCC[C@@H]4[C@H]3c3cccs3)CC2)cc1. The van der Waals surface area contributed by atoms with Crippen LogP contribution in [0.25, 0.3) is 6.08 Å². The van der Waals surface area contributed by atoms with Crippen molar-refractivity contribution in [1.29, 1.82) is 0 Å². The van der Waals surface area contributed by atoms with Gasteiger partial charge in [-0.05, 0) is 72.9 Å². The van der Waals surface area contributed by atoms with Gasteiger partial charge in [-0.2, -0.15) is 9.41 Å². The molecule has 6 rings (SSSR count). The fourth-order valence-corrected chi connectivity index (χ4v) is 8.72. The summed E-state index contributed by atoms with van der Waals surface area (Å²) in [6, 6.07) is 15.2. The molecular weight excluding hydrogens is 549 g/mol. The van der Waals surface area contributed by atoms with Crippen molar-refractivity contribution < 1.29 is 13.2 Å². The summed E-state index contributed by atoms with van der Waals surface area (Å²) in [5, 5.41) is 10.9. The van der Waals surface area contributed by atoms with E-state index in [1.807, 2.05) is 25.1 Å². The predicted octanol–water partition coefficient (Wildman–Crippen LogP) is 5.25. The number of fused-ring (bicyclic) bond motifs is 1. The number of piperazine rings is 1. The number of hydrogen-bond acceptors (Lipinski definition) is 7. The molecule has 7 nitrogen and oxygen atoms in total. The van der Waals surface area contributed by atoms with Gasteiger partial charge in [-0.3, -0.25) is 9.69 Å². The van der Waals surface area contributed by atoms with Gasteiger partial charge >= 0.3 is 0 Å². The zero-order chi connectivity index (χ0) is 27.0. The van der Waals surface area contributed by atoms with Gasteiger partial charge in [0.2, 0.25) is 10.0 Å². The van der Waals surface area contributed by atoms with Gasteiger partial charge in [-0.15, -0.1) is 22.7 Å². The van der Waals surface area contributed by atoms with Crippen LogP contribution in [-0.4, -0.2) is 67.0 Å². The molecule has 4 heterocycles. The van der Waals surface area contributed by atoms with Gasteiger partial charge in [0.15, 0.2) is 0 Å². The molecule has 1 saturated carbocycles. The van der Waals surface area contributed by atoms with Gasteiger partial charge in [0.1, 0.15) is 0 Å². The van der Waals surface area contributed by atoms with E-state index in [1.165, 1.54) is 19.6 Å². The van der Waals surface area contributed by atoms with E-state index in [0.717, 1.165) is 30.5 Å². The molecule has 0 radical (unpaired) electrons. The van der Waals surface area contributed by atoms with E-state index >= 15 is 0 Å². The van der Waals surface area contributed by atoms with Crippen LogP contribution >= 0.6 is 22.7 Å². The number of hydrogen-bond donors (Lipinski definition) is 0. The predicted molar refractivity (Wildman–Crippen MR) is 157 cm³/mol. The maximum atomic E-state index is 13.8. The number of allylic oxidation sites excluding steroid dienone is 1. The zero-order valence-corrected chi connectivity index (χ0v) is 24.4. The number of hydrazone groups is 1. The third-order valence-electron chi connectivity index (χ3n) is 7.80. The highest BCUT2D eigenvalue weighted by molar-refractivity contribution is 7.89. The van der Waals surface area contributed by atoms with Crippen molar-refractivity contribution in [1.82, 2.24) is 14.2 Å². The van der Waals surface area contributed by atoms with Crippen LogP contribution in [0.1, 0.15) is 40.6 Å². The lowest BCUT2D eigenvalue weighted by molar-refractivity contribution is -0.135. The smallest absolute Gasteiger partial charge is 0.257 e. The molecule has 2 aromatic heterocycles. The highest BCUT2D eigenvalue weighted by Crippen LogP contribution is 2.45. The minimum absolute atomic E-state index is 0.0272. The molecule has 0 N–H and O–H groups in total. The van der Waals surface area contributed by atoms with Crippen LogP contribution in [0.4, 0.5) is 0 Å². The summed E-state index contributed by atoms with van der Waals surface area (Å²) >= 11 is 3.40. The lowest BCUT2D eigenvalue weighted by atomic mass is 9.79. The molecule has 3 aliphatic rings. The fourth-order valence-electron chi connectivity index (χ4n) is 5.74. The Morgan fingerprint density at radius 2 is 1.77 bits per heavy atom. The maximum absolute atomic E-state index is 13.8. The molecular formula is C29H32N4O3S3. The first kappa shape index (κ1) is 26.6. The van der Waals surface area contributed by atoms with Crippen molar-refractivity contribution in [2.24, 2.45) is 11.0 Å². The molecule has 1 saturated heterocycles. The quantitative estimate of drug-likeness (QED) is 0.399. The fraction of sp³-hybridized carbons (Fsp3) is 0.379. The van der Waals surface area contributed by atoms with Gasteiger partial charge in [-0.25, -0.2) is 13.4 Å². The first-order valence-corrected chi connectivity index (χ1v) is 16.6. The Kier molecular flexibility index (Phi) is 7.56. The highest BCUT2D eigenvalue weighted by Gasteiger charge is 2.44. The minimum atomic E-state index is -3.54. The monoisotopic (exact) mass is 580 g/mol.